The molecule has 0 aliphatic carbocycles. The van der Waals surface area contributed by atoms with E-state index >= 15 is 0 Å². The fourth-order valence-electron chi connectivity index (χ4n) is 3.87. The monoisotopic (exact) mass is 400 g/mol. The third-order valence-electron chi connectivity index (χ3n) is 5.37. The van der Waals surface area contributed by atoms with E-state index in [4.69, 9.17) is 21.6 Å². The van der Waals surface area contributed by atoms with Gasteiger partial charge in [-0.05, 0) is 30.3 Å². The summed E-state index contributed by atoms with van der Waals surface area (Å²) >= 11 is 6.18. The maximum atomic E-state index is 6.18. The standard InChI is InChI=1S/C24H21ClN4/c25-19-9-6-10-20(17-19)28-13-15-29(16-14-28)24-21-11-4-5-12-22(21)26-23(27-24)18-7-2-1-3-8-18/h1-12,17H,13-16H2. The second-order valence-corrected chi connectivity index (χ2v) is 7.64. The first-order valence-electron chi connectivity index (χ1n) is 9.85. The van der Waals surface area contributed by atoms with Crippen molar-refractivity contribution in [3.8, 4) is 11.4 Å². The topological polar surface area (TPSA) is 32.3 Å². The number of fused-ring (bicyclic) bond motifs is 1. The zero-order chi connectivity index (χ0) is 19.6. The fourth-order valence-corrected chi connectivity index (χ4v) is 4.05. The van der Waals surface area contributed by atoms with E-state index in [2.05, 4.69) is 46.2 Å². The van der Waals surface area contributed by atoms with Crippen LogP contribution in [0.2, 0.25) is 5.02 Å². The SMILES string of the molecule is Clc1cccc(N2CCN(c3nc(-c4ccccc4)nc4ccccc34)CC2)c1. The van der Waals surface area contributed by atoms with Gasteiger partial charge in [0.05, 0.1) is 5.52 Å². The maximum Gasteiger partial charge on any atom is 0.162 e. The van der Waals surface area contributed by atoms with Gasteiger partial charge < -0.3 is 9.80 Å². The number of benzene rings is 3. The van der Waals surface area contributed by atoms with Crippen molar-refractivity contribution < 1.29 is 0 Å². The number of para-hydroxylation sites is 1. The minimum atomic E-state index is 0.775. The van der Waals surface area contributed by atoms with Crippen molar-refractivity contribution in [2.45, 2.75) is 0 Å². The molecule has 2 heterocycles. The molecule has 0 atom stereocenters. The summed E-state index contributed by atoms with van der Waals surface area (Å²) in [6, 6.07) is 26.5. The van der Waals surface area contributed by atoms with Crippen LogP contribution in [0, 0.1) is 0 Å². The summed E-state index contributed by atoms with van der Waals surface area (Å²) in [6.45, 7) is 3.67. The van der Waals surface area contributed by atoms with Gasteiger partial charge >= 0.3 is 0 Å². The number of piperazine rings is 1. The highest BCUT2D eigenvalue weighted by Crippen LogP contribution is 2.29. The van der Waals surface area contributed by atoms with Gasteiger partial charge in [-0.15, -0.1) is 0 Å². The van der Waals surface area contributed by atoms with E-state index in [0.29, 0.717) is 0 Å². The Hall–Kier alpha value is -3.11. The number of anilines is 2. The Kier molecular flexibility index (Phi) is 4.78. The minimum absolute atomic E-state index is 0.775. The van der Waals surface area contributed by atoms with Crippen molar-refractivity contribution >= 4 is 34.0 Å². The Morgan fingerprint density at radius 2 is 1.41 bits per heavy atom. The molecule has 0 saturated carbocycles. The molecule has 4 aromatic rings. The molecule has 29 heavy (non-hydrogen) atoms. The highest BCUT2D eigenvalue weighted by Gasteiger charge is 2.21. The lowest BCUT2D eigenvalue weighted by atomic mass is 10.1. The van der Waals surface area contributed by atoms with Crippen molar-refractivity contribution in [3.05, 3.63) is 83.9 Å². The van der Waals surface area contributed by atoms with E-state index in [1.807, 2.05) is 42.5 Å². The molecule has 3 aromatic carbocycles. The van der Waals surface area contributed by atoms with Gasteiger partial charge in [-0.2, -0.15) is 0 Å². The Morgan fingerprint density at radius 3 is 2.21 bits per heavy atom. The van der Waals surface area contributed by atoms with E-state index in [9.17, 15) is 0 Å². The van der Waals surface area contributed by atoms with Gasteiger partial charge in [-0.25, -0.2) is 9.97 Å². The first kappa shape index (κ1) is 18.0. The van der Waals surface area contributed by atoms with Crippen molar-refractivity contribution in [1.82, 2.24) is 9.97 Å². The molecule has 0 bridgehead atoms. The molecule has 144 valence electrons. The highest BCUT2D eigenvalue weighted by atomic mass is 35.5. The lowest BCUT2D eigenvalue weighted by Gasteiger charge is -2.37. The molecule has 1 aliphatic rings. The summed E-state index contributed by atoms with van der Waals surface area (Å²) < 4.78 is 0. The van der Waals surface area contributed by atoms with E-state index in [-0.39, 0.29) is 0 Å². The molecular weight excluding hydrogens is 380 g/mol. The minimum Gasteiger partial charge on any atom is -0.368 e. The Labute approximate surface area is 175 Å². The zero-order valence-electron chi connectivity index (χ0n) is 16.0. The van der Waals surface area contributed by atoms with Crippen molar-refractivity contribution in [1.29, 1.82) is 0 Å². The molecule has 1 fully saturated rings. The van der Waals surface area contributed by atoms with Gasteiger partial charge in [-0.1, -0.05) is 60.1 Å². The van der Waals surface area contributed by atoms with Crippen LogP contribution in [0.25, 0.3) is 22.3 Å². The molecule has 5 rings (SSSR count). The number of hydrogen-bond donors (Lipinski definition) is 0. The molecule has 0 spiro atoms. The molecule has 0 radical (unpaired) electrons. The lowest BCUT2D eigenvalue weighted by Crippen LogP contribution is -2.47. The van der Waals surface area contributed by atoms with Crippen molar-refractivity contribution in [2.24, 2.45) is 0 Å². The van der Waals surface area contributed by atoms with Crippen molar-refractivity contribution in [2.75, 3.05) is 36.0 Å². The van der Waals surface area contributed by atoms with Crippen LogP contribution in [0.15, 0.2) is 78.9 Å². The van der Waals surface area contributed by atoms with Crippen LogP contribution in [-0.4, -0.2) is 36.1 Å². The van der Waals surface area contributed by atoms with Crippen molar-refractivity contribution in [3.63, 3.8) is 0 Å². The summed E-state index contributed by atoms with van der Waals surface area (Å²) in [7, 11) is 0. The third kappa shape index (κ3) is 3.64. The van der Waals surface area contributed by atoms with Crippen LogP contribution >= 0.6 is 11.6 Å². The predicted molar refractivity (Wildman–Crippen MR) is 121 cm³/mol. The molecule has 0 N–H and O–H groups in total. The number of hydrogen-bond acceptors (Lipinski definition) is 4. The van der Waals surface area contributed by atoms with Crippen LogP contribution in [0.3, 0.4) is 0 Å². The molecule has 0 unspecified atom stereocenters. The van der Waals surface area contributed by atoms with Gasteiger partial charge in [0.15, 0.2) is 5.82 Å². The van der Waals surface area contributed by atoms with Gasteiger partial charge in [0.1, 0.15) is 5.82 Å². The summed E-state index contributed by atoms with van der Waals surface area (Å²) in [5.41, 5.74) is 3.19. The fraction of sp³-hybridized carbons (Fsp3) is 0.167. The Bertz CT molecular complexity index is 1140. The van der Waals surface area contributed by atoms with E-state index in [0.717, 1.165) is 59.3 Å². The first-order valence-corrected chi connectivity index (χ1v) is 10.2. The maximum absolute atomic E-state index is 6.18. The van der Waals surface area contributed by atoms with Crippen LogP contribution in [0.4, 0.5) is 11.5 Å². The number of rotatable bonds is 3. The molecule has 0 amide bonds. The van der Waals surface area contributed by atoms with Gasteiger partial charge in [0.2, 0.25) is 0 Å². The smallest absolute Gasteiger partial charge is 0.162 e. The molecule has 5 heteroatoms. The van der Waals surface area contributed by atoms with Crippen LogP contribution < -0.4 is 9.80 Å². The highest BCUT2D eigenvalue weighted by molar-refractivity contribution is 6.30. The number of aromatic nitrogens is 2. The van der Waals surface area contributed by atoms with E-state index < -0.39 is 0 Å². The quantitative estimate of drug-likeness (QED) is 0.468. The van der Waals surface area contributed by atoms with Gasteiger partial charge in [0, 0.05) is 47.8 Å². The summed E-state index contributed by atoms with van der Waals surface area (Å²) in [4.78, 5) is 14.5. The van der Waals surface area contributed by atoms with Gasteiger partial charge in [0.25, 0.3) is 0 Å². The third-order valence-corrected chi connectivity index (χ3v) is 5.60. The zero-order valence-corrected chi connectivity index (χ0v) is 16.8. The average molecular weight is 401 g/mol. The van der Waals surface area contributed by atoms with E-state index in [1.165, 1.54) is 5.69 Å². The van der Waals surface area contributed by atoms with E-state index in [1.54, 1.807) is 0 Å². The number of nitrogens with zero attached hydrogens (tertiary/aromatic N) is 4. The molecule has 1 aliphatic heterocycles. The average Bonchev–Trinajstić information content (AvgIpc) is 2.79. The summed E-state index contributed by atoms with van der Waals surface area (Å²) in [6.07, 6.45) is 0. The molecule has 1 aromatic heterocycles. The molecule has 1 saturated heterocycles. The number of halogens is 1. The molecule has 4 nitrogen and oxygen atoms in total. The predicted octanol–water partition coefficient (Wildman–Crippen LogP) is 5.28. The molecular formula is C24H21ClN4. The Balaban J connectivity index is 1.47. The second kappa shape index (κ2) is 7.72. The largest absolute Gasteiger partial charge is 0.368 e. The summed E-state index contributed by atoms with van der Waals surface area (Å²) in [5, 5.41) is 1.88. The van der Waals surface area contributed by atoms with Gasteiger partial charge in [-0.3, -0.25) is 0 Å². The Morgan fingerprint density at radius 1 is 0.690 bits per heavy atom. The summed E-state index contributed by atoms with van der Waals surface area (Å²) in [5.74, 6) is 1.79. The normalized spacial score (nSPS) is 14.4. The lowest BCUT2D eigenvalue weighted by molar-refractivity contribution is 0.649. The van der Waals surface area contributed by atoms with Crippen LogP contribution in [-0.2, 0) is 0 Å². The first-order chi connectivity index (χ1) is 14.3. The van der Waals surface area contributed by atoms with Crippen LogP contribution in [0.5, 0.6) is 0 Å². The van der Waals surface area contributed by atoms with Crippen LogP contribution in [0.1, 0.15) is 0 Å². The second-order valence-electron chi connectivity index (χ2n) is 7.21.